The fourth-order valence-corrected chi connectivity index (χ4v) is 7.24. The molecule has 0 radical (unpaired) electrons. The highest BCUT2D eigenvalue weighted by molar-refractivity contribution is 7.95. The summed E-state index contributed by atoms with van der Waals surface area (Å²) in [6.07, 6.45) is 1.63. The van der Waals surface area contributed by atoms with Crippen molar-refractivity contribution >= 4 is 61.4 Å². The average molecular weight is 470 g/mol. The number of rotatable bonds is 2. The molecule has 0 unspecified atom stereocenters. The van der Waals surface area contributed by atoms with Gasteiger partial charge in [0.15, 0.2) is 0 Å². The van der Waals surface area contributed by atoms with Crippen molar-refractivity contribution < 1.29 is 12.6 Å². The zero-order valence-electron chi connectivity index (χ0n) is 17.8. The molecule has 5 aromatic carbocycles. The van der Waals surface area contributed by atoms with Crippen LogP contribution in [-0.4, -0.2) is 10.5 Å². The Bertz CT molecular complexity index is 1740. The summed E-state index contributed by atoms with van der Waals surface area (Å²) in [7, 11) is -4.56. The lowest BCUT2D eigenvalue weighted by Gasteiger charge is -2.05. The minimum absolute atomic E-state index is 0.654. The van der Waals surface area contributed by atoms with E-state index in [2.05, 4.69) is 28.4 Å². The van der Waals surface area contributed by atoms with Crippen molar-refractivity contribution in [1.29, 1.82) is 0 Å². The molecule has 6 rings (SSSR count). The molecule has 1 atom stereocenters. The maximum atomic E-state index is 13.5. The molecule has 0 saturated heterocycles. The van der Waals surface area contributed by atoms with E-state index in [0.717, 1.165) is 32.3 Å². The second kappa shape index (κ2) is 7.80. The molecule has 0 bridgehead atoms. The zero-order valence-corrected chi connectivity index (χ0v) is 19.6. The first-order valence-electron chi connectivity index (χ1n) is 10.6. The van der Waals surface area contributed by atoms with Crippen molar-refractivity contribution in [2.24, 2.45) is 4.13 Å². The normalized spacial score (nSPS) is 13.4. The predicted molar refractivity (Wildman–Crippen MR) is 138 cm³/mol. The number of nitrogens with zero attached hydrogens (tertiary/aromatic N) is 1. The molecular weight excluding hydrogens is 449 g/mol. The summed E-state index contributed by atoms with van der Waals surface area (Å²) >= 11 is 0. The van der Waals surface area contributed by atoms with Crippen molar-refractivity contribution in [2.75, 3.05) is 6.26 Å². The topological polar surface area (TPSA) is 55.7 Å². The van der Waals surface area contributed by atoms with Crippen LogP contribution in [0.3, 0.4) is 0 Å². The van der Waals surface area contributed by atoms with Gasteiger partial charge in [0, 0.05) is 21.9 Å². The van der Waals surface area contributed by atoms with E-state index in [0.29, 0.717) is 16.1 Å². The van der Waals surface area contributed by atoms with Crippen molar-refractivity contribution in [3.05, 3.63) is 103 Å². The molecule has 0 fully saturated rings. The lowest BCUT2D eigenvalue weighted by Crippen LogP contribution is -1.94. The minimum atomic E-state index is -2.71. The molecule has 0 aliphatic carbocycles. The van der Waals surface area contributed by atoms with Gasteiger partial charge < -0.3 is 8.39 Å². The van der Waals surface area contributed by atoms with Crippen LogP contribution < -0.4 is 0 Å². The third-order valence-corrected chi connectivity index (χ3v) is 9.42. The molecule has 162 valence electrons. The van der Waals surface area contributed by atoms with Crippen molar-refractivity contribution in [2.45, 2.75) is 4.90 Å². The minimum Gasteiger partial charge on any atom is -0.402 e. The first-order chi connectivity index (χ1) is 16.1. The van der Waals surface area contributed by atoms with Crippen molar-refractivity contribution in [3.63, 3.8) is 0 Å². The van der Waals surface area contributed by atoms with E-state index in [9.17, 15) is 4.21 Å². The van der Waals surface area contributed by atoms with Crippen LogP contribution >= 0.6 is 8.16 Å². The van der Waals surface area contributed by atoms with Gasteiger partial charge in [-0.15, -0.1) is 4.13 Å². The number of hydrogen-bond donors (Lipinski definition) is 0. The summed E-state index contributed by atoms with van der Waals surface area (Å²) in [5.41, 5.74) is 1.36. The van der Waals surface area contributed by atoms with Crippen molar-refractivity contribution in [3.8, 4) is 0 Å². The van der Waals surface area contributed by atoms with Crippen molar-refractivity contribution in [1.82, 2.24) is 0 Å². The van der Waals surface area contributed by atoms with Crippen LogP contribution in [0.5, 0.6) is 0 Å². The molecule has 0 amide bonds. The highest BCUT2D eigenvalue weighted by Crippen LogP contribution is 2.42. The zero-order chi connectivity index (χ0) is 22.4. The van der Waals surface area contributed by atoms with E-state index in [1.165, 1.54) is 0 Å². The molecule has 33 heavy (non-hydrogen) atoms. The molecule has 0 spiro atoms. The molecule has 0 aliphatic rings. The molecule has 0 aliphatic heterocycles. The summed E-state index contributed by atoms with van der Waals surface area (Å²) in [5.74, 6) is 0. The lowest BCUT2D eigenvalue weighted by molar-refractivity contribution is 0.641. The summed E-state index contributed by atoms with van der Waals surface area (Å²) in [5, 5.41) is 6.34. The van der Waals surface area contributed by atoms with E-state index in [1.807, 2.05) is 78.9 Å². The van der Waals surface area contributed by atoms with Crippen LogP contribution in [0.4, 0.5) is 0 Å². The standard InChI is InChI=1S/C27H20NO3PS/c1-33(29,21-11-3-2-4-12-21)28-32-30-24-17-15-19-9-5-7-13-22(19)26(24)27-23-14-8-6-10-20(23)16-18-25(27)31-32/h2-18H,1H3/t33-/m0/s1. The highest BCUT2D eigenvalue weighted by atomic mass is 32.2. The van der Waals surface area contributed by atoms with Gasteiger partial charge in [0.1, 0.15) is 11.2 Å². The molecule has 4 nitrogen and oxygen atoms in total. The Hall–Kier alpha value is -3.53. The Morgan fingerprint density at radius 1 is 0.636 bits per heavy atom. The predicted octanol–water partition coefficient (Wildman–Crippen LogP) is 8.52. The second-order valence-electron chi connectivity index (χ2n) is 7.94. The van der Waals surface area contributed by atoms with E-state index >= 15 is 0 Å². The summed E-state index contributed by atoms with van der Waals surface area (Å²) in [6, 6.07) is 33.8. The molecular formula is C27H20NO3PS. The number of benzene rings is 5. The third-order valence-electron chi connectivity index (χ3n) is 5.79. The highest BCUT2D eigenvalue weighted by Gasteiger charge is 2.14. The van der Waals surface area contributed by atoms with E-state index in [-0.39, 0.29) is 0 Å². The van der Waals surface area contributed by atoms with Gasteiger partial charge in [0.2, 0.25) is 0 Å². The van der Waals surface area contributed by atoms with Gasteiger partial charge in [-0.1, -0.05) is 78.9 Å². The van der Waals surface area contributed by atoms with Crippen LogP contribution in [-0.2, 0) is 9.73 Å². The average Bonchev–Trinajstić information content (AvgIpc) is 3.00. The van der Waals surface area contributed by atoms with Gasteiger partial charge in [0.05, 0.1) is 9.73 Å². The maximum absolute atomic E-state index is 13.5. The Morgan fingerprint density at radius 2 is 1.12 bits per heavy atom. The Labute approximate surface area is 192 Å². The first-order valence-corrected chi connectivity index (χ1v) is 13.6. The number of fused-ring (bicyclic) bond motifs is 7. The van der Waals surface area contributed by atoms with Gasteiger partial charge in [-0.25, -0.2) is 4.21 Å². The van der Waals surface area contributed by atoms with Gasteiger partial charge >= 0.3 is 8.16 Å². The van der Waals surface area contributed by atoms with Gasteiger partial charge in [0.25, 0.3) is 0 Å². The van der Waals surface area contributed by atoms with Crippen LogP contribution in [0.25, 0.3) is 43.5 Å². The Morgan fingerprint density at radius 3 is 1.67 bits per heavy atom. The van der Waals surface area contributed by atoms with Crippen LogP contribution in [0, 0.1) is 0 Å². The third kappa shape index (κ3) is 3.50. The Balaban J connectivity index is 1.82. The second-order valence-corrected chi connectivity index (χ2v) is 11.5. The SMILES string of the molecule is C[S@@](=O)(=Np1oc2ccc3ccccc3c2c2c(ccc3ccccc32)o1)c1ccccc1. The maximum Gasteiger partial charge on any atom is 0.371 e. The fourth-order valence-electron chi connectivity index (χ4n) is 4.24. The van der Waals surface area contributed by atoms with Crippen LogP contribution in [0.15, 0.2) is 121 Å². The van der Waals surface area contributed by atoms with E-state index in [4.69, 9.17) is 8.39 Å². The summed E-state index contributed by atoms with van der Waals surface area (Å²) < 4.78 is 30.8. The van der Waals surface area contributed by atoms with Gasteiger partial charge in [-0.3, -0.25) is 0 Å². The Kier molecular flexibility index (Phi) is 4.75. The number of hydrogen-bond acceptors (Lipinski definition) is 4. The van der Waals surface area contributed by atoms with E-state index < -0.39 is 17.9 Å². The van der Waals surface area contributed by atoms with Crippen LogP contribution in [0.1, 0.15) is 0 Å². The van der Waals surface area contributed by atoms with Crippen LogP contribution in [0.2, 0.25) is 0 Å². The largest absolute Gasteiger partial charge is 0.402 e. The molecule has 1 heterocycles. The molecule has 6 heteroatoms. The summed E-state index contributed by atoms with van der Waals surface area (Å²) in [4.78, 5) is 0.654. The van der Waals surface area contributed by atoms with Gasteiger partial charge in [-0.05, 0) is 45.8 Å². The fraction of sp³-hybridized carbons (Fsp3) is 0.0370. The lowest BCUT2D eigenvalue weighted by atomic mass is 9.99. The molecule has 1 aromatic heterocycles. The van der Waals surface area contributed by atoms with Gasteiger partial charge in [-0.2, -0.15) is 0 Å². The van der Waals surface area contributed by atoms with E-state index in [1.54, 1.807) is 6.26 Å². The quantitative estimate of drug-likeness (QED) is 0.255. The molecule has 0 saturated carbocycles. The monoisotopic (exact) mass is 469 g/mol. The summed E-state index contributed by atoms with van der Waals surface area (Å²) in [6.45, 7) is 0. The molecule has 6 aromatic rings. The smallest absolute Gasteiger partial charge is 0.371 e. The molecule has 0 N–H and O–H groups in total. The first kappa shape index (κ1) is 20.1.